The van der Waals surface area contributed by atoms with E-state index in [1.54, 1.807) is 6.08 Å². The van der Waals surface area contributed by atoms with Crippen molar-refractivity contribution in [2.75, 3.05) is 13.2 Å². The molecule has 2 rings (SSSR count). The van der Waals surface area contributed by atoms with Gasteiger partial charge in [0.2, 0.25) is 10.0 Å². The van der Waals surface area contributed by atoms with Crippen LogP contribution in [0.25, 0.3) is 6.08 Å². The molecule has 0 radical (unpaired) electrons. The molecule has 0 saturated heterocycles. The normalized spacial score (nSPS) is 16.9. The summed E-state index contributed by atoms with van der Waals surface area (Å²) in [7, 11) is -3.45. The maximum absolute atomic E-state index is 12.3. The number of hydrogen-bond donors (Lipinski definition) is 1. The molecule has 0 unspecified atom stereocenters. The Labute approximate surface area is 114 Å². The van der Waals surface area contributed by atoms with Gasteiger partial charge in [-0.1, -0.05) is 36.8 Å². The van der Waals surface area contributed by atoms with Crippen LogP contribution in [0, 0.1) is 0 Å². The van der Waals surface area contributed by atoms with Crippen molar-refractivity contribution in [2.45, 2.75) is 25.3 Å². The Hall–Kier alpha value is -1.17. The predicted octanol–water partition coefficient (Wildman–Crippen LogP) is 1.83. The molecule has 0 heterocycles. The zero-order valence-corrected chi connectivity index (χ0v) is 11.6. The van der Waals surface area contributed by atoms with Gasteiger partial charge in [-0.25, -0.2) is 8.42 Å². The van der Waals surface area contributed by atoms with Crippen LogP contribution in [0.1, 0.15) is 24.8 Å². The van der Waals surface area contributed by atoms with E-state index >= 15 is 0 Å². The summed E-state index contributed by atoms with van der Waals surface area (Å²) in [6.07, 6.45) is 4.43. The molecule has 0 aromatic heterocycles. The monoisotopic (exact) mass is 281 g/mol. The first-order valence-electron chi connectivity index (χ1n) is 6.49. The molecule has 1 aromatic carbocycles. The van der Waals surface area contributed by atoms with E-state index < -0.39 is 10.0 Å². The Kier molecular flexibility index (Phi) is 4.74. The van der Waals surface area contributed by atoms with Crippen molar-refractivity contribution >= 4 is 16.1 Å². The van der Waals surface area contributed by atoms with Crippen molar-refractivity contribution in [1.29, 1.82) is 0 Å². The summed E-state index contributed by atoms with van der Waals surface area (Å²) < 4.78 is 25.9. The van der Waals surface area contributed by atoms with Crippen molar-refractivity contribution in [3.05, 3.63) is 41.3 Å². The smallest absolute Gasteiger partial charge is 0.236 e. The number of benzene rings is 1. The van der Waals surface area contributed by atoms with Gasteiger partial charge in [-0.15, -0.1) is 0 Å². The zero-order chi connectivity index (χ0) is 13.7. The lowest BCUT2D eigenvalue weighted by Gasteiger charge is -2.35. The van der Waals surface area contributed by atoms with E-state index in [9.17, 15) is 8.42 Å². The van der Waals surface area contributed by atoms with Crippen molar-refractivity contribution in [3.63, 3.8) is 0 Å². The lowest BCUT2D eigenvalue weighted by molar-refractivity contribution is 0.179. The third-order valence-corrected chi connectivity index (χ3v) is 4.98. The Morgan fingerprint density at radius 2 is 1.95 bits per heavy atom. The fraction of sp³-hybridized carbons (Fsp3) is 0.429. The molecule has 1 saturated carbocycles. The van der Waals surface area contributed by atoms with Gasteiger partial charge >= 0.3 is 0 Å². The summed E-state index contributed by atoms with van der Waals surface area (Å²) >= 11 is 0. The summed E-state index contributed by atoms with van der Waals surface area (Å²) in [5.74, 6) is 0. The highest BCUT2D eigenvalue weighted by molar-refractivity contribution is 7.92. The van der Waals surface area contributed by atoms with Crippen LogP contribution in [0.15, 0.2) is 35.7 Å². The standard InChI is InChI=1S/C14H19NO3S/c16-11-10-15(14-7-4-8-14)19(17,18)12-9-13-5-2-1-3-6-13/h1-3,5-6,9,12,14,16H,4,7-8,10-11H2/b12-9+. The van der Waals surface area contributed by atoms with Gasteiger partial charge in [-0.05, 0) is 24.5 Å². The second kappa shape index (κ2) is 6.32. The minimum Gasteiger partial charge on any atom is -0.395 e. The molecule has 1 fully saturated rings. The minimum atomic E-state index is -3.45. The van der Waals surface area contributed by atoms with Gasteiger partial charge in [0.25, 0.3) is 0 Å². The molecule has 1 aliphatic carbocycles. The average molecular weight is 281 g/mol. The minimum absolute atomic E-state index is 0.0533. The van der Waals surface area contributed by atoms with Gasteiger partial charge in [-0.2, -0.15) is 4.31 Å². The number of nitrogens with zero attached hydrogens (tertiary/aromatic N) is 1. The van der Waals surface area contributed by atoms with E-state index in [0.717, 1.165) is 24.8 Å². The first kappa shape index (κ1) is 14.2. The molecule has 4 nitrogen and oxygen atoms in total. The highest BCUT2D eigenvalue weighted by atomic mass is 32.2. The van der Waals surface area contributed by atoms with Crippen molar-refractivity contribution < 1.29 is 13.5 Å². The number of aliphatic hydroxyl groups excluding tert-OH is 1. The van der Waals surface area contributed by atoms with Crippen LogP contribution in [0.2, 0.25) is 0 Å². The van der Waals surface area contributed by atoms with E-state index in [1.807, 2.05) is 30.3 Å². The first-order chi connectivity index (χ1) is 9.13. The van der Waals surface area contributed by atoms with Crippen LogP contribution in [0.5, 0.6) is 0 Å². The summed E-state index contributed by atoms with van der Waals surface area (Å²) in [6.45, 7) is 0.0288. The largest absolute Gasteiger partial charge is 0.395 e. The van der Waals surface area contributed by atoms with E-state index in [-0.39, 0.29) is 19.2 Å². The number of sulfonamides is 1. The maximum atomic E-state index is 12.3. The summed E-state index contributed by atoms with van der Waals surface area (Å²) in [5, 5.41) is 10.3. The third-order valence-electron chi connectivity index (χ3n) is 3.36. The summed E-state index contributed by atoms with van der Waals surface area (Å²) in [6, 6.07) is 9.38. The lowest BCUT2D eigenvalue weighted by Crippen LogP contribution is -2.44. The van der Waals surface area contributed by atoms with Crippen LogP contribution in [0.4, 0.5) is 0 Å². The Morgan fingerprint density at radius 3 is 2.47 bits per heavy atom. The zero-order valence-electron chi connectivity index (χ0n) is 10.8. The van der Waals surface area contributed by atoms with E-state index in [1.165, 1.54) is 9.71 Å². The van der Waals surface area contributed by atoms with E-state index in [2.05, 4.69) is 0 Å². The lowest BCUT2D eigenvalue weighted by atomic mass is 9.93. The van der Waals surface area contributed by atoms with E-state index in [0.29, 0.717) is 0 Å². The van der Waals surface area contributed by atoms with Gasteiger partial charge in [0.15, 0.2) is 0 Å². The van der Waals surface area contributed by atoms with Crippen LogP contribution in [-0.4, -0.2) is 37.0 Å². The Balaban J connectivity index is 2.13. The molecule has 0 spiro atoms. The molecule has 19 heavy (non-hydrogen) atoms. The maximum Gasteiger partial charge on any atom is 0.236 e. The van der Waals surface area contributed by atoms with Gasteiger partial charge in [0, 0.05) is 18.0 Å². The quantitative estimate of drug-likeness (QED) is 0.865. The van der Waals surface area contributed by atoms with Crippen LogP contribution in [0.3, 0.4) is 0 Å². The summed E-state index contributed by atoms with van der Waals surface area (Å²) in [4.78, 5) is 0. The van der Waals surface area contributed by atoms with E-state index in [4.69, 9.17) is 5.11 Å². The van der Waals surface area contributed by atoms with Gasteiger partial charge < -0.3 is 5.11 Å². The molecule has 5 heteroatoms. The number of aliphatic hydroxyl groups is 1. The molecular formula is C14H19NO3S. The van der Waals surface area contributed by atoms with Crippen LogP contribution in [-0.2, 0) is 10.0 Å². The third kappa shape index (κ3) is 3.65. The van der Waals surface area contributed by atoms with Gasteiger partial charge in [0.05, 0.1) is 6.61 Å². The Bertz CT molecular complexity index is 521. The Morgan fingerprint density at radius 1 is 1.26 bits per heavy atom. The molecule has 0 atom stereocenters. The molecule has 104 valence electrons. The van der Waals surface area contributed by atoms with Gasteiger partial charge in [0.1, 0.15) is 0 Å². The van der Waals surface area contributed by atoms with Gasteiger partial charge in [-0.3, -0.25) is 0 Å². The highest BCUT2D eigenvalue weighted by Gasteiger charge is 2.31. The fourth-order valence-corrected chi connectivity index (χ4v) is 3.55. The highest BCUT2D eigenvalue weighted by Crippen LogP contribution is 2.27. The number of rotatable bonds is 6. The van der Waals surface area contributed by atoms with Crippen LogP contribution >= 0.6 is 0 Å². The van der Waals surface area contributed by atoms with Crippen molar-refractivity contribution in [1.82, 2.24) is 4.31 Å². The number of hydrogen-bond acceptors (Lipinski definition) is 3. The fourth-order valence-electron chi connectivity index (χ4n) is 2.10. The van der Waals surface area contributed by atoms with Crippen LogP contribution < -0.4 is 0 Å². The molecule has 1 aliphatic rings. The second-order valence-corrected chi connectivity index (χ2v) is 6.45. The molecule has 0 amide bonds. The molecular weight excluding hydrogens is 262 g/mol. The first-order valence-corrected chi connectivity index (χ1v) is 7.99. The van der Waals surface area contributed by atoms with Crippen molar-refractivity contribution in [3.8, 4) is 0 Å². The molecule has 1 aromatic rings. The molecule has 1 N–H and O–H groups in total. The second-order valence-electron chi connectivity index (χ2n) is 4.68. The molecule has 0 aliphatic heterocycles. The predicted molar refractivity (Wildman–Crippen MR) is 75.8 cm³/mol. The molecule has 0 bridgehead atoms. The van der Waals surface area contributed by atoms with Crippen molar-refractivity contribution in [2.24, 2.45) is 0 Å². The topological polar surface area (TPSA) is 57.6 Å². The average Bonchev–Trinajstić information content (AvgIpc) is 2.35. The SMILES string of the molecule is O=S(=O)(/C=C/c1ccccc1)N(CCO)C1CCC1. The summed E-state index contributed by atoms with van der Waals surface area (Å²) in [5.41, 5.74) is 0.851.